The summed E-state index contributed by atoms with van der Waals surface area (Å²) in [6.45, 7) is 1.14. The Kier molecular flexibility index (Phi) is 6.08. The highest BCUT2D eigenvalue weighted by atomic mass is 32.2. The summed E-state index contributed by atoms with van der Waals surface area (Å²) in [4.78, 5) is 5.50. The van der Waals surface area contributed by atoms with Gasteiger partial charge in [0.25, 0.3) is 0 Å². The summed E-state index contributed by atoms with van der Waals surface area (Å²) < 4.78 is 109. The molecule has 2 fully saturated rings. The fraction of sp³-hybridized carbons (Fsp3) is 0.450. The van der Waals surface area contributed by atoms with Crippen LogP contribution in [0.25, 0.3) is 0 Å². The maximum Gasteiger partial charge on any atom is 0.417 e. The molecule has 0 aliphatic carbocycles. The Morgan fingerprint density at radius 2 is 1.52 bits per heavy atom. The largest absolute Gasteiger partial charge is 0.473 e. The van der Waals surface area contributed by atoms with E-state index in [9.17, 15) is 34.8 Å². The summed E-state index contributed by atoms with van der Waals surface area (Å²) in [5, 5.41) is 0. The Bertz CT molecular complexity index is 1090. The maximum absolute atomic E-state index is 12.9. The number of alkyl halides is 6. The molecule has 0 N–H and O–H groups in total. The SMILES string of the molecule is O=S(=O)(c1ccc(C(F)(F)F)cc1)N1CCN2C[C@H](Oc3ccc(C(F)(F)F)cn3)C[C@H]2C1. The first-order chi connectivity index (χ1) is 15.3. The molecule has 180 valence electrons. The fourth-order valence-electron chi connectivity index (χ4n) is 4.02. The molecular formula is C20H19F6N3O3S. The van der Waals surface area contributed by atoms with Crippen LogP contribution >= 0.6 is 0 Å². The van der Waals surface area contributed by atoms with Gasteiger partial charge in [-0.1, -0.05) is 0 Å². The summed E-state index contributed by atoms with van der Waals surface area (Å²) in [5.74, 6) is 0.0436. The molecule has 6 nitrogen and oxygen atoms in total. The normalized spacial score (nSPS) is 22.8. The number of fused-ring (bicyclic) bond motifs is 1. The van der Waals surface area contributed by atoms with Gasteiger partial charge in [-0.3, -0.25) is 4.90 Å². The number of hydrogen-bond donors (Lipinski definition) is 0. The van der Waals surface area contributed by atoms with E-state index in [0.29, 0.717) is 25.7 Å². The minimum absolute atomic E-state index is 0.0436. The van der Waals surface area contributed by atoms with Crippen LogP contribution in [-0.4, -0.2) is 60.9 Å². The standard InChI is InChI=1S/C20H19F6N3O3S/c21-19(22,23)13-1-4-17(5-2-13)33(30,31)29-8-7-28-12-16(9-15(28)11-29)32-18-6-3-14(10-27-18)20(24,25)26/h1-6,10,15-16H,7-9,11-12H2/t15-,16+/m0/s1. The second kappa shape index (κ2) is 8.44. The van der Waals surface area contributed by atoms with Crippen molar-refractivity contribution in [1.29, 1.82) is 0 Å². The number of aromatic nitrogens is 1. The Balaban J connectivity index is 1.40. The van der Waals surface area contributed by atoms with Crippen LogP contribution in [0.1, 0.15) is 17.5 Å². The Hall–Kier alpha value is -2.38. The minimum Gasteiger partial charge on any atom is -0.473 e. The lowest BCUT2D eigenvalue weighted by Crippen LogP contribution is -2.51. The van der Waals surface area contributed by atoms with Gasteiger partial charge in [0.05, 0.1) is 16.0 Å². The molecule has 0 bridgehead atoms. The van der Waals surface area contributed by atoms with Crippen LogP contribution in [0, 0.1) is 0 Å². The van der Waals surface area contributed by atoms with Gasteiger partial charge in [-0.15, -0.1) is 0 Å². The summed E-state index contributed by atoms with van der Waals surface area (Å²) in [7, 11) is -3.98. The van der Waals surface area contributed by atoms with Gasteiger partial charge in [-0.05, 0) is 30.3 Å². The zero-order valence-electron chi connectivity index (χ0n) is 17.0. The topological polar surface area (TPSA) is 62.7 Å². The maximum atomic E-state index is 12.9. The van der Waals surface area contributed by atoms with E-state index in [0.717, 1.165) is 36.4 Å². The molecule has 2 aromatic rings. The van der Waals surface area contributed by atoms with Gasteiger partial charge in [-0.25, -0.2) is 13.4 Å². The third-order valence-electron chi connectivity index (χ3n) is 5.71. The van der Waals surface area contributed by atoms with Crippen LogP contribution in [0.4, 0.5) is 26.3 Å². The van der Waals surface area contributed by atoms with Crippen LogP contribution in [0.5, 0.6) is 5.88 Å². The van der Waals surface area contributed by atoms with E-state index < -0.39 is 33.5 Å². The van der Waals surface area contributed by atoms with Gasteiger partial charge < -0.3 is 4.74 Å². The molecule has 0 radical (unpaired) electrons. The molecule has 4 rings (SSSR count). The minimum atomic E-state index is -4.56. The molecule has 33 heavy (non-hydrogen) atoms. The molecule has 0 saturated carbocycles. The number of nitrogens with zero attached hydrogens (tertiary/aromatic N) is 3. The first-order valence-corrected chi connectivity index (χ1v) is 11.4. The molecule has 3 heterocycles. The van der Waals surface area contributed by atoms with Crippen molar-refractivity contribution < 1.29 is 39.5 Å². The van der Waals surface area contributed by atoms with E-state index in [1.165, 1.54) is 4.31 Å². The number of ether oxygens (including phenoxy) is 1. The van der Waals surface area contributed by atoms with Crippen LogP contribution < -0.4 is 4.74 Å². The van der Waals surface area contributed by atoms with Gasteiger partial charge in [-0.2, -0.15) is 30.6 Å². The molecule has 0 spiro atoms. The smallest absolute Gasteiger partial charge is 0.417 e. The van der Waals surface area contributed by atoms with E-state index in [1.54, 1.807) is 0 Å². The monoisotopic (exact) mass is 495 g/mol. The zero-order chi connectivity index (χ0) is 24.0. The van der Waals surface area contributed by atoms with Crippen molar-refractivity contribution in [1.82, 2.24) is 14.2 Å². The van der Waals surface area contributed by atoms with Crippen LogP contribution in [0.2, 0.25) is 0 Å². The molecule has 1 aromatic heterocycles. The molecule has 2 saturated heterocycles. The predicted octanol–water partition coefficient (Wildman–Crippen LogP) is 3.65. The summed E-state index contributed by atoms with van der Waals surface area (Å²) >= 11 is 0. The molecular weight excluding hydrogens is 476 g/mol. The lowest BCUT2D eigenvalue weighted by atomic mass is 10.2. The zero-order valence-corrected chi connectivity index (χ0v) is 17.8. The highest BCUT2D eigenvalue weighted by Crippen LogP contribution is 2.32. The molecule has 0 amide bonds. The highest BCUT2D eigenvalue weighted by Gasteiger charge is 2.41. The van der Waals surface area contributed by atoms with Crippen molar-refractivity contribution >= 4 is 10.0 Å². The second-order valence-electron chi connectivity index (χ2n) is 7.89. The van der Waals surface area contributed by atoms with Gasteiger partial charge in [0.1, 0.15) is 6.10 Å². The van der Waals surface area contributed by atoms with Crippen LogP contribution in [-0.2, 0) is 22.4 Å². The van der Waals surface area contributed by atoms with Crippen LogP contribution in [0.3, 0.4) is 0 Å². The molecule has 2 aliphatic rings. The highest BCUT2D eigenvalue weighted by molar-refractivity contribution is 7.89. The number of benzene rings is 1. The molecule has 13 heteroatoms. The fourth-order valence-corrected chi connectivity index (χ4v) is 5.49. The van der Waals surface area contributed by atoms with Gasteiger partial charge >= 0.3 is 12.4 Å². The van der Waals surface area contributed by atoms with Gasteiger partial charge in [0.15, 0.2) is 0 Å². The lowest BCUT2D eigenvalue weighted by molar-refractivity contribution is -0.138. The Labute approximate surface area is 185 Å². The van der Waals surface area contributed by atoms with Gasteiger partial charge in [0, 0.05) is 50.9 Å². The number of sulfonamides is 1. The Morgan fingerprint density at radius 1 is 0.879 bits per heavy atom. The van der Waals surface area contributed by atoms with Crippen molar-refractivity contribution in [2.75, 3.05) is 26.2 Å². The van der Waals surface area contributed by atoms with E-state index in [4.69, 9.17) is 4.74 Å². The van der Waals surface area contributed by atoms with Gasteiger partial charge in [0.2, 0.25) is 15.9 Å². The van der Waals surface area contributed by atoms with Crippen molar-refractivity contribution in [3.05, 3.63) is 53.7 Å². The van der Waals surface area contributed by atoms with E-state index in [-0.39, 0.29) is 36.0 Å². The Morgan fingerprint density at radius 3 is 2.09 bits per heavy atom. The van der Waals surface area contributed by atoms with Crippen molar-refractivity contribution in [2.24, 2.45) is 0 Å². The summed E-state index contributed by atoms with van der Waals surface area (Å²) in [6, 6.07) is 5.19. The van der Waals surface area contributed by atoms with E-state index in [1.807, 2.05) is 4.90 Å². The number of pyridine rings is 1. The summed E-state index contributed by atoms with van der Waals surface area (Å²) in [6.07, 6.45) is -8.32. The number of piperazine rings is 1. The molecule has 0 unspecified atom stereocenters. The average Bonchev–Trinajstić information content (AvgIpc) is 3.14. The molecule has 2 aliphatic heterocycles. The van der Waals surface area contributed by atoms with Crippen molar-refractivity contribution in [3.8, 4) is 5.88 Å². The number of halogens is 6. The lowest BCUT2D eigenvalue weighted by Gasteiger charge is -2.36. The number of hydrogen-bond acceptors (Lipinski definition) is 5. The predicted molar refractivity (Wildman–Crippen MR) is 104 cm³/mol. The second-order valence-corrected chi connectivity index (χ2v) is 9.83. The van der Waals surface area contributed by atoms with E-state index in [2.05, 4.69) is 4.98 Å². The van der Waals surface area contributed by atoms with Crippen molar-refractivity contribution in [2.45, 2.75) is 35.8 Å². The summed E-state index contributed by atoms with van der Waals surface area (Å²) in [5.41, 5.74) is -1.82. The quantitative estimate of drug-likeness (QED) is 0.607. The average molecular weight is 495 g/mol. The van der Waals surface area contributed by atoms with E-state index >= 15 is 0 Å². The van der Waals surface area contributed by atoms with Crippen LogP contribution in [0.15, 0.2) is 47.5 Å². The molecule has 2 atom stereocenters. The first kappa shape index (κ1) is 23.8. The molecule has 1 aromatic carbocycles. The first-order valence-electron chi connectivity index (χ1n) is 9.95. The van der Waals surface area contributed by atoms with Crippen molar-refractivity contribution in [3.63, 3.8) is 0 Å². The number of rotatable bonds is 4. The third kappa shape index (κ3) is 5.09. The third-order valence-corrected chi connectivity index (χ3v) is 7.59.